The van der Waals surface area contributed by atoms with Crippen LogP contribution in [0.4, 0.5) is 4.39 Å². The van der Waals surface area contributed by atoms with E-state index in [1.807, 2.05) is 0 Å². The van der Waals surface area contributed by atoms with Gasteiger partial charge in [-0.2, -0.15) is 14.6 Å². The molecule has 0 amide bonds. The van der Waals surface area contributed by atoms with Gasteiger partial charge in [-0.1, -0.05) is 59.3 Å². The first kappa shape index (κ1) is 17.5. The summed E-state index contributed by atoms with van der Waals surface area (Å²) in [5.74, 6) is -0.441. The highest BCUT2D eigenvalue weighted by Gasteiger charge is 2.13. The molecule has 0 unspecified atom stereocenters. The van der Waals surface area contributed by atoms with Gasteiger partial charge in [-0.25, -0.2) is 4.39 Å². The maximum Gasteiger partial charge on any atom is 0.296 e. The number of halogens is 2. The van der Waals surface area contributed by atoms with Gasteiger partial charge < -0.3 is 0 Å². The van der Waals surface area contributed by atoms with E-state index in [9.17, 15) is 14.0 Å². The highest BCUT2D eigenvalue weighted by molar-refractivity contribution is 7.15. The van der Waals surface area contributed by atoms with Crippen molar-refractivity contribution in [3.8, 4) is 0 Å². The van der Waals surface area contributed by atoms with E-state index in [1.54, 1.807) is 42.5 Å². The molecule has 0 N–H and O–H groups in total. The van der Waals surface area contributed by atoms with Crippen LogP contribution in [0, 0.1) is 5.82 Å². The first-order valence-corrected chi connectivity index (χ1v) is 9.15. The first-order chi connectivity index (χ1) is 13.0. The van der Waals surface area contributed by atoms with Gasteiger partial charge in [0, 0.05) is 17.0 Å². The molecule has 0 bridgehead atoms. The molecule has 0 fully saturated rings. The van der Waals surface area contributed by atoms with E-state index in [0.29, 0.717) is 10.6 Å². The van der Waals surface area contributed by atoms with E-state index < -0.39 is 16.9 Å². The average molecular weight is 400 g/mol. The van der Waals surface area contributed by atoms with E-state index in [0.717, 1.165) is 15.9 Å². The summed E-state index contributed by atoms with van der Waals surface area (Å²) in [6.45, 7) is 0. The third-order valence-corrected chi connectivity index (χ3v) is 5.29. The van der Waals surface area contributed by atoms with Crippen molar-refractivity contribution < 1.29 is 4.39 Å². The van der Waals surface area contributed by atoms with Crippen molar-refractivity contribution in [2.24, 2.45) is 0 Å². The highest BCUT2D eigenvalue weighted by atomic mass is 35.5. The van der Waals surface area contributed by atoms with E-state index in [4.69, 9.17) is 11.6 Å². The molecule has 0 aliphatic carbocycles. The summed E-state index contributed by atoms with van der Waals surface area (Å²) >= 11 is 7.12. The third kappa shape index (κ3) is 3.39. The molecule has 0 spiro atoms. The lowest BCUT2D eigenvalue weighted by Crippen LogP contribution is -2.28. The Morgan fingerprint density at radius 3 is 2.63 bits per heavy atom. The van der Waals surface area contributed by atoms with Crippen LogP contribution in [0.3, 0.4) is 0 Å². The Morgan fingerprint density at radius 1 is 1.11 bits per heavy atom. The summed E-state index contributed by atoms with van der Waals surface area (Å²) in [6, 6.07) is 13.2. The topological polar surface area (TPSA) is 64.3 Å². The number of hydrogen-bond acceptors (Lipinski definition) is 5. The first-order valence-electron chi connectivity index (χ1n) is 7.95. The lowest BCUT2D eigenvalue weighted by molar-refractivity contribution is 0.625. The molecule has 134 valence electrons. The lowest BCUT2D eigenvalue weighted by atomic mass is 10.1. The fraction of sp³-hybridized carbons (Fsp3) is 0.0526. The van der Waals surface area contributed by atoms with Crippen molar-refractivity contribution in [1.29, 1.82) is 0 Å². The Labute approximate surface area is 161 Å². The SMILES string of the molecule is O=c1nc2s/c(=C/c3ccccc3F)c(=O)n2nc1Cc1ccccc1Cl. The third-order valence-electron chi connectivity index (χ3n) is 3.96. The largest absolute Gasteiger partial charge is 0.296 e. The number of fused-ring (bicyclic) bond motifs is 1. The van der Waals surface area contributed by atoms with Gasteiger partial charge >= 0.3 is 0 Å². The van der Waals surface area contributed by atoms with Crippen LogP contribution < -0.4 is 15.7 Å². The molecule has 4 rings (SSSR count). The van der Waals surface area contributed by atoms with Crippen LogP contribution in [0.2, 0.25) is 5.02 Å². The van der Waals surface area contributed by atoms with Crippen LogP contribution in [0.15, 0.2) is 58.1 Å². The second-order valence-corrected chi connectivity index (χ2v) is 7.18. The molecule has 2 heterocycles. The number of hydrogen-bond donors (Lipinski definition) is 0. The minimum atomic E-state index is -0.520. The zero-order chi connectivity index (χ0) is 19.0. The summed E-state index contributed by atoms with van der Waals surface area (Å²) in [5, 5.41) is 4.67. The van der Waals surface area contributed by atoms with Crippen molar-refractivity contribution in [3.63, 3.8) is 0 Å². The van der Waals surface area contributed by atoms with Crippen LogP contribution in [0.1, 0.15) is 16.8 Å². The number of thiazole rings is 1. The molecule has 2 aromatic carbocycles. The van der Waals surface area contributed by atoms with Gasteiger partial charge in [0.25, 0.3) is 11.1 Å². The Hall–Kier alpha value is -2.90. The van der Waals surface area contributed by atoms with Crippen LogP contribution in [-0.4, -0.2) is 14.6 Å². The molecular weight excluding hydrogens is 389 g/mol. The molecule has 0 atom stereocenters. The van der Waals surface area contributed by atoms with Crippen molar-refractivity contribution in [1.82, 2.24) is 14.6 Å². The van der Waals surface area contributed by atoms with Crippen molar-refractivity contribution in [2.45, 2.75) is 6.42 Å². The zero-order valence-electron chi connectivity index (χ0n) is 13.7. The predicted octanol–water partition coefficient (Wildman–Crippen LogP) is 2.44. The summed E-state index contributed by atoms with van der Waals surface area (Å²) < 4.78 is 15.2. The Balaban J connectivity index is 1.85. The van der Waals surface area contributed by atoms with Crippen LogP contribution >= 0.6 is 22.9 Å². The number of nitrogens with zero attached hydrogens (tertiary/aromatic N) is 3. The van der Waals surface area contributed by atoms with Crippen molar-refractivity contribution in [2.75, 3.05) is 0 Å². The van der Waals surface area contributed by atoms with E-state index in [2.05, 4.69) is 10.1 Å². The smallest absolute Gasteiger partial charge is 0.266 e. The summed E-state index contributed by atoms with van der Waals surface area (Å²) in [4.78, 5) is 29.0. The summed E-state index contributed by atoms with van der Waals surface area (Å²) in [7, 11) is 0. The number of benzene rings is 2. The van der Waals surface area contributed by atoms with Gasteiger partial charge in [-0.15, -0.1) is 0 Å². The second-order valence-electron chi connectivity index (χ2n) is 5.76. The molecule has 5 nitrogen and oxygen atoms in total. The molecule has 2 aromatic heterocycles. The number of rotatable bonds is 3. The van der Waals surface area contributed by atoms with Crippen molar-refractivity contribution >= 4 is 34.0 Å². The fourth-order valence-electron chi connectivity index (χ4n) is 2.61. The molecule has 0 aliphatic rings. The second kappa shape index (κ2) is 7.02. The van der Waals surface area contributed by atoms with E-state index in [-0.39, 0.29) is 27.2 Å². The van der Waals surface area contributed by atoms with Crippen molar-refractivity contribution in [3.05, 3.63) is 101 Å². The zero-order valence-corrected chi connectivity index (χ0v) is 15.3. The summed E-state index contributed by atoms with van der Waals surface area (Å²) in [6.07, 6.45) is 1.59. The molecule has 8 heteroatoms. The molecule has 0 saturated heterocycles. The molecule has 4 aromatic rings. The Morgan fingerprint density at radius 2 is 1.85 bits per heavy atom. The quantitative estimate of drug-likeness (QED) is 0.531. The van der Waals surface area contributed by atoms with E-state index in [1.165, 1.54) is 12.1 Å². The van der Waals surface area contributed by atoms with Gasteiger partial charge in [-0.05, 0) is 23.8 Å². The minimum Gasteiger partial charge on any atom is -0.266 e. The molecule has 0 aliphatic heterocycles. The van der Waals surface area contributed by atoms with Gasteiger partial charge in [0.1, 0.15) is 11.5 Å². The normalized spacial score (nSPS) is 12.0. The molecule has 0 saturated carbocycles. The van der Waals surface area contributed by atoms with Crippen LogP contribution in [0.25, 0.3) is 11.0 Å². The molecule has 27 heavy (non-hydrogen) atoms. The average Bonchev–Trinajstić information content (AvgIpc) is 2.94. The monoisotopic (exact) mass is 399 g/mol. The fourth-order valence-corrected chi connectivity index (χ4v) is 3.71. The van der Waals surface area contributed by atoms with Gasteiger partial charge in [-0.3, -0.25) is 9.59 Å². The van der Waals surface area contributed by atoms with Gasteiger partial charge in [0.2, 0.25) is 4.96 Å². The van der Waals surface area contributed by atoms with Crippen LogP contribution in [0.5, 0.6) is 0 Å². The maximum atomic E-state index is 13.8. The van der Waals surface area contributed by atoms with Gasteiger partial charge in [0.05, 0.1) is 4.53 Å². The summed E-state index contributed by atoms with van der Waals surface area (Å²) in [5.41, 5.74) is 0.138. The Bertz CT molecular complexity index is 1330. The number of aromatic nitrogens is 3. The maximum absolute atomic E-state index is 13.8. The van der Waals surface area contributed by atoms with Crippen LogP contribution in [-0.2, 0) is 6.42 Å². The standard InChI is InChI=1S/C19H11ClFN3O2S/c20-13-7-3-1-5-11(13)9-15-17(25)22-19-24(23-15)18(26)16(27-19)10-12-6-2-4-8-14(12)21/h1-8,10H,9H2/b16-10+. The molecular formula is C19H11ClFN3O2S. The van der Waals surface area contributed by atoms with Gasteiger partial charge in [0.15, 0.2) is 0 Å². The predicted molar refractivity (Wildman–Crippen MR) is 103 cm³/mol. The molecule has 0 radical (unpaired) electrons. The van der Waals surface area contributed by atoms with E-state index >= 15 is 0 Å². The lowest BCUT2D eigenvalue weighted by Gasteiger charge is -2.02. The Kier molecular flexibility index (Phi) is 4.55. The minimum absolute atomic E-state index is 0.118. The highest BCUT2D eigenvalue weighted by Crippen LogP contribution is 2.16.